The Morgan fingerprint density at radius 1 is 1.08 bits per heavy atom. The van der Waals surface area contributed by atoms with Crippen molar-refractivity contribution in [2.24, 2.45) is 0 Å². The lowest BCUT2D eigenvalue weighted by Crippen LogP contribution is -2.42. The number of likely N-dealkylation sites (tertiary alicyclic amines) is 1. The van der Waals surface area contributed by atoms with Crippen LogP contribution in [0.1, 0.15) is 22.2 Å². The van der Waals surface area contributed by atoms with Crippen molar-refractivity contribution < 1.29 is 19.4 Å². The van der Waals surface area contributed by atoms with E-state index in [-0.39, 0.29) is 11.3 Å². The van der Waals surface area contributed by atoms with E-state index in [4.69, 9.17) is 16.3 Å². The average molecular weight is 524 g/mol. The summed E-state index contributed by atoms with van der Waals surface area (Å²) in [6, 6.07) is 16.0. The van der Waals surface area contributed by atoms with Crippen LogP contribution < -0.4 is 0 Å². The SMILES string of the molecule is Cc1sc(-c2ccccc2)nc1C(O)=C1C(=O)C(=O)N(CCN2CCOCC2)C1c1ccc(Cl)cc1. The van der Waals surface area contributed by atoms with E-state index in [1.165, 1.54) is 11.3 Å². The van der Waals surface area contributed by atoms with Gasteiger partial charge in [-0.05, 0) is 24.6 Å². The summed E-state index contributed by atoms with van der Waals surface area (Å²) in [5, 5.41) is 12.7. The van der Waals surface area contributed by atoms with Gasteiger partial charge in [0.2, 0.25) is 0 Å². The summed E-state index contributed by atoms with van der Waals surface area (Å²) in [7, 11) is 0. The molecule has 36 heavy (non-hydrogen) atoms. The number of halogens is 1. The quantitative estimate of drug-likeness (QED) is 0.290. The van der Waals surface area contributed by atoms with Crippen molar-refractivity contribution in [1.82, 2.24) is 14.8 Å². The Balaban J connectivity index is 1.55. The third-order valence-electron chi connectivity index (χ3n) is 6.53. The Bertz CT molecular complexity index is 1300. The van der Waals surface area contributed by atoms with E-state index in [0.29, 0.717) is 42.6 Å². The number of hydrogen-bond acceptors (Lipinski definition) is 7. The highest BCUT2D eigenvalue weighted by atomic mass is 35.5. The number of morpholine rings is 1. The van der Waals surface area contributed by atoms with E-state index < -0.39 is 17.7 Å². The minimum Gasteiger partial charge on any atom is -0.505 e. The second kappa shape index (κ2) is 10.5. The first kappa shape index (κ1) is 24.6. The van der Waals surface area contributed by atoms with Gasteiger partial charge in [0.1, 0.15) is 10.7 Å². The normalized spacial score (nSPS) is 20.3. The first-order chi connectivity index (χ1) is 17.4. The number of amides is 1. The molecular formula is C27H26ClN3O4S. The van der Waals surface area contributed by atoms with Gasteiger partial charge in [0.05, 0.1) is 24.8 Å². The second-order valence-electron chi connectivity index (χ2n) is 8.79. The fourth-order valence-corrected chi connectivity index (χ4v) is 5.67. The minimum absolute atomic E-state index is 0.0531. The molecule has 1 unspecified atom stereocenters. The van der Waals surface area contributed by atoms with Crippen LogP contribution in [0.5, 0.6) is 0 Å². The molecule has 7 nitrogen and oxygen atoms in total. The topological polar surface area (TPSA) is 83.0 Å². The molecule has 2 fully saturated rings. The van der Waals surface area contributed by atoms with Gasteiger partial charge in [0, 0.05) is 41.6 Å². The van der Waals surface area contributed by atoms with Gasteiger partial charge >= 0.3 is 0 Å². The van der Waals surface area contributed by atoms with Crippen molar-refractivity contribution in [3.8, 4) is 10.6 Å². The maximum atomic E-state index is 13.3. The summed E-state index contributed by atoms with van der Waals surface area (Å²) in [6.07, 6.45) is 0. The zero-order chi connectivity index (χ0) is 25.2. The van der Waals surface area contributed by atoms with Crippen LogP contribution in [0.3, 0.4) is 0 Å². The van der Waals surface area contributed by atoms with Gasteiger partial charge in [-0.3, -0.25) is 14.5 Å². The Hall–Kier alpha value is -3.04. The molecule has 0 spiro atoms. The number of ketones is 1. The first-order valence-electron chi connectivity index (χ1n) is 11.8. The number of aliphatic hydroxyl groups excluding tert-OH is 1. The zero-order valence-corrected chi connectivity index (χ0v) is 21.4. The number of aliphatic hydroxyl groups is 1. The number of carbonyl (C=O) groups excluding carboxylic acids is 2. The number of thiazole rings is 1. The molecule has 186 valence electrons. The summed E-state index contributed by atoms with van der Waals surface area (Å²) in [6.45, 7) is 5.64. The monoisotopic (exact) mass is 523 g/mol. The van der Waals surface area contributed by atoms with Crippen molar-refractivity contribution in [3.63, 3.8) is 0 Å². The highest BCUT2D eigenvalue weighted by molar-refractivity contribution is 7.15. The zero-order valence-electron chi connectivity index (χ0n) is 19.8. The molecule has 5 rings (SSSR count). The maximum Gasteiger partial charge on any atom is 0.295 e. The first-order valence-corrected chi connectivity index (χ1v) is 13.0. The highest BCUT2D eigenvalue weighted by Crippen LogP contribution is 2.41. The number of benzene rings is 2. The molecule has 2 aliphatic heterocycles. The smallest absolute Gasteiger partial charge is 0.295 e. The Morgan fingerprint density at radius 2 is 1.78 bits per heavy atom. The summed E-state index contributed by atoms with van der Waals surface area (Å²) >= 11 is 7.55. The second-order valence-corrected chi connectivity index (χ2v) is 10.4. The summed E-state index contributed by atoms with van der Waals surface area (Å²) in [5.41, 5.74) is 2.00. The van der Waals surface area contributed by atoms with Gasteiger partial charge in [0.15, 0.2) is 5.76 Å². The molecule has 0 radical (unpaired) electrons. The number of hydrogen-bond donors (Lipinski definition) is 1. The molecule has 3 aromatic rings. The molecular weight excluding hydrogens is 498 g/mol. The van der Waals surface area contributed by atoms with Gasteiger partial charge in [-0.1, -0.05) is 54.1 Å². The van der Waals surface area contributed by atoms with E-state index >= 15 is 0 Å². The van der Waals surface area contributed by atoms with Gasteiger partial charge in [-0.25, -0.2) is 4.98 Å². The summed E-state index contributed by atoms with van der Waals surface area (Å²) in [4.78, 5) is 35.7. The van der Waals surface area contributed by atoms with Crippen LogP contribution in [-0.2, 0) is 14.3 Å². The molecule has 9 heteroatoms. The van der Waals surface area contributed by atoms with Crippen molar-refractivity contribution >= 4 is 40.4 Å². The van der Waals surface area contributed by atoms with E-state index in [9.17, 15) is 14.7 Å². The van der Waals surface area contributed by atoms with Gasteiger partial charge in [-0.15, -0.1) is 11.3 Å². The number of aromatic nitrogens is 1. The van der Waals surface area contributed by atoms with Gasteiger partial charge in [-0.2, -0.15) is 0 Å². The number of nitrogens with zero attached hydrogens (tertiary/aromatic N) is 3. The van der Waals surface area contributed by atoms with E-state index in [1.54, 1.807) is 29.2 Å². The lowest BCUT2D eigenvalue weighted by molar-refractivity contribution is -0.140. The lowest BCUT2D eigenvalue weighted by Gasteiger charge is -2.31. The Labute approximate surface area is 218 Å². The third-order valence-corrected chi connectivity index (χ3v) is 7.80. The summed E-state index contributed by atoms with van der Waals surface area (Å²) in [5.74, 6) is -1.58. The molecule has 3 heterocycles. The van der Waals surface area contributed by atoms with Crippen LogP contribution in [0.15, 0.2) is 60.2 Å². The fraction of sp³-hybridized carbons (Fsp3) is 0.296. The van der Waals surface area contributed by atoms with Gasteiger partial charge in [0.25, 0.3) is 11.7 Å². The van der Waals surface area contributed by atoms with E-state index in [0.717, 1.165) is 28.5 Å². The van der Waals surface area contributed by atoms with Crippen LogP contribution >= 0.6 is 22.9 Å². The molecule has 2 aromatic carbocycles. The van der Waals surface area contributed by atoms with Crippen molar-refractivity contribution in [3.05, 3.63) is 81.3 Å². The molecule has 2 saturated heterocycles. The van der Waals surface area contributed by atoms with Crippen molar-refractivity contribution in [2.45, 2.75) is 13.0 Å². The molecule has 0 bridgehead atoms. The van der Waals surface area contributed by atoms with Crippen LogP contribution in [0, 0.1) is 6.92 Å². The molecule has 2 aliphatic rings. The Morgan fingerprint density at radius 3 is 2.47 bits per heavy atom. The predicted molar refractivity (Wildman–Crippen MR) is 140 cm³/mol. The van der Waals surface area contributed by atoms with Crippen molar-refractivity contribution in [1.29, 1.82) is 0 Å². The Kier molecular flexibility index (Phi) is 7.20. The minimum atomic E-state index is -0.732. The molecule has 0 aliphatic carbocycles. The number of aryl methyl sites for hydroxylation is 1. The van der Waals surface area contributed by atoms with Crippen LogP contribution in [0.2, 0.25) is 5.02 Å². The third kappa shape index (κ3) is 4.82. The molecule has 1 N–H and O–H groups in total. The predicted octanol–water partition coefficient (Wildman–Crippen LogP) is 4.53. The van der Waals surface area contributed by atoms with Crippen molar-refractivity contribution in [2.75, 3.05) is 39.4 Å². The fourth-order valence-electron chi connectivity index (χ4n) is 4.62. The highest BCUT2D eigenvalue weighted by Gasteiger charge is 2.46. The number of rotatable bonds is 6. The molecule has 1 atom stereocenters. The lowest BCUT2D eigenvalue weighted by atomic mass is 9.96. The van der Waals surface area contributed by atoms with E-state index in [1.807, 2.05) is 37.3 Å². The maximum absolute atomic E-state index is 13.3. The van der Waals surface area contributed by atoms with Crippen LogP contribution in [-0.4, -0.2) is 71.0 Å². The number of Topliss-reactive ketones (excluding diaryl/α,β-unsaturated/α-hetero) is 1. The molecule has 1 amide bonds. The summed E-state index contributed by atoms with van der Waals surface area (Å²) < 4.78 is 5.42. The van der Waals surface area contributed by atoms with Crippen LogP contribution in [0.4, 0.5) is 0 Å². The molecule has 0 saturated carbocycles. The average Bonchev–Trinajstić information content (AvgIpc) is 3.41. The number of ether oxygens (including phenoxy) is 1. The molecule has 1 aromatic heterocycles. The largest absolute Gasteiger partial charge is 0.505 e. The standard InChI is InChI=1S/C27H26ClN3O4S/c1-17-22(29-26(36-17)19-5-3-2-4-6-19)24(32)21-23(18-7-9-20(28)10-8-18)31(27(34)25(21)33)12-11-30-13-15-35-16-14-30/h2-10,23,32H,11-16H2,1H3. The van der Waals surface area contributed by atoms with Crippen LogP contribution in [0.25, 0.3) is 16.3 Å². The van der Waals surface area contributed by atoms with Gasteiger partial charge < -0.3 is 14.7 Å². The number of carbonyl (C=O) groups is 2. The van der Waals surface area contributed by atoms with E-state index in [2.05, 4.69) is 9.88 Å².